The van der Waals surface area contributed by atoms with Gasteiger partial charge in [-0.2, -0.15) is 0 Å². The number of carbonyl (C=O) groups is 2. The number of nitrogens with zero attached hydrogens (tertiary/aromatic N) is 1. The van der Waals surface area contributed by atoms with Gasteiger partial charge in [-0.05, 0) is 12.1 Å². The Kier molecular flexibility index (Phi) is 7.98. The molecule has 0 unspecified atom stereocenters. The van der Waals surface area contributed by atoms with Crippen molar-refractivity contribution in [2.24, 2.45) is 0 Å². The number of hydrogen-bond acceptors (Lipinski definition) is 5. The van der Waals surface area contributed by atoms with Gasteiger partial charge in [-0.3, -0.25) is 9.59 Å². The van der Waals surface area contributed by atoms with Gasteiger partial charge < -0.3 is 14.7 Å². The average molecular weight is 338 g/mol. The highest BCUT2D eigenvalue weighted by molar-refractivity contribution is 7.99. The van der Waals surface area contributed by atoms with E-state index in [1.807, 2.05) is 12.1 Å². The number of thiophene rings is 1. The molecule has 1 heterocycles. The highest BCUT2D eigenvalue weighted by Gasteiger charge is 2.16. The molecule has 8 heteroatoms. The zero-order chi connectivity index (χ0) is 15.0. The summed E-state index contributed by atoms with van der Waals surface area (Å²) in [5.41, 5.74) is 0. The number of carbonyl (C=O) groups excluding carboxylic acids is 1. The molecule has 0 bridgehead atoms. The average Bonchev–Trinajstić information content (AvgIpc) is 2.79. The van der Waals surface area contributed by atoms with Crippen LogP contribution in [0.5, 0.6) is 0 Å². The zero-order valence-electron chi connectivity index (χ0n) is 11.0. The molecule has 0 fully saturated rings. The maximum absolute atomic E-state index is 11.9. The lowest BCUT2D eigenvalue weighted by molar-refractivity contribution is -0.143. The Morgan fingerprint density at radius 2 is 2.25 bits per heavy atom. The molecule has 1 rings (SSSR count). The summed E-state index contributed by atoms with van der Waals surface area (Å²) >= 11 is 8.74. The van der Waals surface area contributed by atoms with Gasteiger partial charge in [-0.15, -0.1) is 23.1 Å². The summed E-state index contributed by atoms with van der Waals surface area (Å²) in [6.07, 6.45) is 0. The number of carboxylic acid groups (broad SMARTS) is 1. The van der Waals surface area contributed by atoms with Gasteiger partial charge in [0.15, 0.2) is 0 Å². The van der Waals surface area contributed by atoms with Crippen molar-refractivity contribution in [3.05, 3.63) is 21.3 Å². The van der Waals surface area contributed by atoms with Crippen molar-refractivity contribution in [1.29, 1.82) is 0 Å². The predicted molar refractivity (Wildman–Crippen MR) is 81.6 cm³/mol. The van der Waals surface area contributed by atoms with Gasteiger partial charge in [-0.25, -0.2) is 0 Å². The van der Waals surface area contributed by atoms with Crippen LogP contribution in [0.3, 0.4) is 0 Å². The Bertz CT molecular complexity index is 452. The predicted octanol–water partition coefficient (Wildman–Crippen LogP) is 2.19. The molecule has 0 aliphatic carbocycles. The topological polar surface area (TPSA) is 66.8 Å². The second kappa shape index (κ2) is 9.23. The van der Waals surface area contributed by atoms with E-state index in [-0.39, 0.29) is 24.7 Å². The van der Waals surface area contributed by atoms with Gasteiger partial charge in [0.1, 0.15) is 6.54 Å². The summed E-state index contributed by atoms with van der Waals surface area (Å²) in [5, 5.41) is 8.78. The molecule has 1 amide bonds. The maximum atomic E-state index is 11.9. The molecule has 0 saturated heterocycles. The third kappa shape index (κ3) is 6.60. The first kappa shape index (κ1) is 17.3. The van der Waals surface area contributed by atoms with Gasteiger partial charge >= 0.3 is 5.97 Å². The Morgan fingerprint density at radius 3 is 2.80 bits per heavy atom. The highest BCUT2D eigenvalue weighted by Crippen LogP contribution is 2.25. The zero-order valence-corrected chi connectivity index (χ0v) is 13.4. The molecule has 1 aromatic rings. The van der Waals surface area contributed by atoms with E-state index in [9.17, 15) is 9.59 Å². The van der Waals surface area contributed by atoms with Crippen LogP contribution in [0.25, 0.3) is 0 Å². The van der Waals surface area contributed by atoms with Crippen LogP contribution in [-0.2, 0) is 20.1 Å². The fraction of sp³-hybridized carbons (Fsp3) is 0.500. The van der Waals surface area contributed by atoms with Gasteiger partial charge in [0.2, 0.25) is 5.91 Å². The number of methoxy groups -OCH3 is 1. The van der Waals surface area contributed by atoms with Crippen molar-refractivity contribution in [2.75, 3.05) is 32.6 Å². The summed E-state index contributed by atoms with van der Waals surface area (Å²) < 4.78 is 5.60. The third-order valence-corrected chi connectivity index (χ3v) is 4.72. The van der Waals surface area contributed by atoms with Crippen molar-refractivity contribution in [3.8, 4) is 0 Å². The molecule has 20 heavy (non-hydrogen) atoms. The van der Waals surface area contributed by atoms with Gasteiger partial charge in [0.25, 0.3) is 0 Å². The minimum Gasteiger partial charge on any atom is -0.480 e. The van der Waals surface area contributed by atoms with Gasteiger partial charge in [0.05, 0.1) is 16.7 Å². The van der Waals surface area contributed by atoms with Gasteiger partial charge in [0, 0.05) is 24.3 Å². The van der Waals surface area contributed by atoms with Crippen LogP contribution in [0.15, 0.2) is 12.1 Å². The fourth-order valence-corrected chi connectivity index (χ4v) is 3.54. The minimum atomic E-state index is -1.02. The van der Waals surface area contributed by atoms with E-state index in [2.05, 4.69) is 0 Å². The van der Waals surface area contributed by atoms with E-state index >= 15 is 0 Å². The molecule has 0 spiro atoms. The van der Waals surface area contributed by atoms with Crippen molar-refractivity contribution >= 4 is 46.6 Å². The number of thioether (sulfide) groups is 1. The van der Waals surface area contributed by atoms with Gasteiger partial charge in [-0.1, -0.05) is 11.6 Å². The molecule has 5 nitrogen and oxygen atoms in total. The largest absolute Gasteiger partial charge is 0.480 e. The minimum absolute atomic E-state index is 0.197. The van der Waals surface area contributed by atoms with Crippen molar-refractivity contribution in [3.63, 3.8) is 0 Å². The Balaban J connectivity index is 2.38. The second-order valence-corrected chi connectivity index (χ2v) is 6.69. The van der Waals surface area contributed by atoms with E-state index in [0.29, 0.717) is 12.4 Å². The van der Waals surface area contributed by atoms with Crippen LogP contribution < -0.4 is 0 Å². The van der Waals surface area contributed by atoms with Crippen molar-refractivity contribution in [2.45, 2.75) is 5.75 Å². The molecule has 1 N–H and O–H groups in total. The summed E-state index contributed by atoms with van der Waals surface area (Å²) in [7, 11) is 1.51. The van der Waals surface area contributed by atoms with E-state index in [1.54, 1.807) is 0 Å². The number of carboxylic acids is 1. The lowest BCUT2D eigenvalue weighted by Crippen LogP contribution is -2.39. The Hall–Kier alpha value is -0.760. The number of ether oxygens (including phenoxy) is 1. The van der Waals surface area contributed by atoms with Crippen LogP contribution in [0.2, 0.25) is 4.34 Å². The maximum Gasteiger partial charge on any atom is 0.323 e. The van der Waals surface area contributed by atoms with Crippen molar-refractivity contribution < 1.29 is 19.4 Å². The molecule has 0 saturated carbocycles. The molecular formula is C12H16ClNO4S2. The molecule has 0 radical (unpaired) electrons. The van der Waals surface area contributed by atoms with E-state index in [4.69, 9.17) is 21.4 Å². The molecule has 0 aromatic carbocycles. The molecule has 1 aromatic heterocycles. The monoisotopic (exact) mass is 337 g/mol. The lowest BCUT2D eigenvalue weighted by atomic mass is 10.4. The summed E-state index contributed by atoms with van der Waals surface area (Å²) in [5.74, 6) is -0.289. The lowest BCUT2D eigenvalue weighted by Gasteiger charge is -2.19. The standard InChI is InChI=1S/C12H16ClNO4S2/c1-18-5-4-14(6-12(16)17)11(15)8-19-7-9-2-3-10(13)20-9/h2-3H,4-8H2,1H3,(H,16,17). The van der Waals surface area contributed by atoms with Crippen LogP contribution >= 0.6 is 34.7 Å². The number of rotatable bonds is 9. The van der Waals surface area contributed by atoms with E-state index in [1.165, 1.54) is 35.1 Å². The first-order valence-electron chi connectivity index (χ1n) is 5.83. The van der Waals surface area contributed by atoms with Crippen LogP contribution in [0, 0.1) is 0 Å². The fourth-order valence-electron chi connectivity index (χ4n) is 1.42. The second-order valence-electron chi connectivity index (χ2n) is 3.90. The molecule has 112 valence electrons. The summed E-state index contributed by atoms with van der Waals surface area (Å²) in [6.45, 7) is 0.310. The highest BCUT2D eigenvalue weighted by atomic mass is 35.5. The third-order valence-electron chi connectivity index (χ3n) is 2.34. The van der Waals surface area contributed by atoms with Crippen LogP contribution in [0.4, 0.5) is 0 Å². The number of aliphatic carboxylic acids is 1. The summed E-state index contributed by atoms with van der Waals surface area (Å²) in [4.78, 5) is 25.0. The molecule has 0 aliphatic heterocycles. The van der Waals surface area contributed by atoms with Crippen molar-refractivity contribution in [1.82, 2.24) is 4.90 Å². The molecule has 0 aliphatic rings. The van der Waals surface area contributed by atoms with Crippen LogP contribution in [0.1, 0.15) is 4.88 Å². The Morgan fingerprint density at radius 1 is 1.50 bits per heavy atom. The smallest absolute Gasteiger partial charge is 0.323 e. The first-order valence-corrected chi connectivity index (χ1v) is 8.18. The summed E-state index contributed by atoms with van der Waals surface area (Å²) in [6, 6.07) is 3.74. The number of amides is 1. The first-order chi connectivity index (χ1) is 9.52. The molecule has 0 atom stereocenters. The number of hydrogen-bond donors (Lipinski definition) is 1. The SMILES string of the molecule is COCCN(CC(=O)O)C(=O)CSCc1ccc(Cl)s1. The normalized spacial score (nSPS) is 10.5. The number of halogens is 1. The Labute approximate surface area is 130 Å². The van der Waals surface area contributed by atoms with Crippen LogP contribution in [-0.4, -0.2) is 54.4 Å². The van der Waals surface area contributed by atoms with E-state index in [0.717, 1.165) is 9.21 Å². The molecular weight excluding hydrogens is 322 g/mol. The quantitative estimate of drug-likeness (QED) is 0.748. The van der Waals surface area contributed by atoms with E-state index < -0.39 is 5.97 Å².